The Labute approximate surface area is 88.4 Å². The Balaban J connectivity index is 2.44. The third-order valence-electron chi connectivity index (χ3n) is 2.47. The standard InChI is InChI=1S/C12H11NO2/c1-8(2)13-11(14)9-6-4-3-5-7-10(9)12(13)15/h4,6,8H,7H2,1-2H3. The minimum Gasteiger partial charge on any atom is -0.272 e. The number of allylic oxidation sites excluding steroid dienone is 1. The molecule has 2 amide bonds. The minimum absolute atomic E-state index is 0.0988. The van der Waals surface area contributed by atoms with Crippen molar-refractivity contribution >= 4 is 11.8 Å². The molecule has 0 atom stereocenters. The lowest BCUT2D eigenvalue weighted by Crippen LogP contribution is -2.37. The topological polar surface area (TPSA) is 37.4 Å². The van der Waals surface area contributed by atoms with Crippen LogP contribution in [-0.4, -0.2) is 22.8 Å². The third kappa shape index (κ3) is 1.39. The van der Waals surface area contributed by atoms with Gasteiger partial charge in [-0.25, -0.2) is 0 Å². The summed E-state index contributed by atoms with van der Waals surface area (Å²) in [5.41, 5.74) is 1.03. The lowest BCUT2D eigenvalue weighted by Gasteiger charge is -2.18. The van der Waals surface area contributed by atoms with E-state index in [9.17, 15) is 9.59 Å². The molecule has 15 heavy (non-hydrogen) atoms. The highest BCUT2D eigenvalue weighted by Crippen LogP contribution is 2.26. The highest BCUT2D eigenvalue weighted by molar-refractivity contribution is 6.21. The van der Waals surface area contributed by atoms with E-state index in [2.05, 4.69) is 11.8 Å². The second kappa shape index (κ2) is 3.39. The van der Waals surface area contributed by atoms with E-state index < -0.39 is 0 Å². The van der Waals surface area contributed by atoms with E-state index in [0.29, 0.717) is 17.6 Å². The molecular formula is C12H11NO2. The van der Waals surface area contributed by atoms with E-state index in [-0.39, 0.29) is 17.9 Å². The van der Waals surface area contributed by atoms with Crippen LogP contribution in [0.3, 0.4) is 0 Å². The molecule has 0 aromatic rings. The summed E-state index contributed by atoms with van der Waals surface area (Å²) in [7, 11) is 0. The maximum Gasteiger partial charge on any atom is 0.261 e. The van der Waals surface area contributed by atoms with Crippen LogP contribution < -0.4 is 0 Å². The van der Waals surface area contributed by atoms with Crippen molar-refractivity contribution in [1.82, 2.24) is 4.90 Å². The van der Waals surface area contributed by atoms with E-state index in [0.717, 1.165) is 0 Å². The van der Waals surface area contributed by atoms with Crippen LogP contribution in [0.4, 0.5) is 0 Å². The van der Waals surface area contributed by atoms with E-state index in [1.165, 1.54) is 4.90 Å². The summed E-state index contributed by atoms with van der Waals surface area (Å²) in [6.07, 6.45) is 3.63. The smallest absolute Gasteiger partial charge is 0.261 e. The van der Waals surface area contributed by atoms with Crippen LogP contribution in [-0.2, 0) is 9.59 Å². The first kappa shape index (κ1) is 9.72. The van der Waals surface area contributed by atoms with Gasteiger partial charge in [-0.05, 0) is 26.0 Å². The molecule has 0 N–H and O–H groups in total. The van der Waals surface area contributed by atoms with Crippen molar-refractivity contribution in [2.75, 3.05) is 0 Å². The molecule has 1 heterocycles. The van der Waals surface area contributed by atoms with Crippen LogP contribution in [0, 0.1) is 11.8 Å². The predicted molar refractivity (Wildman–Crippen MR) is 55.5 cm³/mol. The molecule has 0 spiro atoms. The Morgan fingerprint density at radius 3 is 2.73 bits per heavy atom. The average molecular weight is 201 g/mol. The molecule has 3 nitrogen and oxygen atoms in total. The van der Waals surface area contributed by atoms with Gasteiger partial charge in [-0.15, -0.1) is 0 Å². The summed E-state index contributed by atoms with van der Waals surface area (Å²) in [6.45, 7) is 3.66. The number of hydrogen-bond donors (Lipinski definition) is 0. The van der Waals surface area contributed by atoms with Crippen LogP contribution in [0.25, 0.3) is 0 Å². The highest BCUT2D eigenvalue weighted by atomic mass is 16.2. The molecule has 0 bridgehead atoms. The second-order valence-corrected chi connectivity index (χ2v) is 3.80. The number of hydrogen-bond acceptors (Lipinski definition) is 2. The molecule has 3 heteroatoms. The lowest BCUT2D eigenvalue weighted by molar-refractivity contribution is -0.139. The van der Waals surface area contributed by atoms with Gasteiger partial charge in [0.25, 0.3) is 11.8 Å². The minimum atomic E-state index is -0.202. The zero-order chi connectivity index (χ0) is 11.0. The first-order chi connectivity index (χ1) is 7.13. The Morgan fingerprint density at radius 2 is 2.07 bits per heavy atom. The zero-order valence-electron chi connectivity index (χ0n) is 8.70. The van der Waals surface area contributed by atoms with E-state index >= 15 is 0 Å². The summed E-state index contributed by atoms with van der Waals surface area (Å²) in [6, 6.07) is -0.0988. The van der Waals surface area contributed by atoms with Gasteiger partial charge in [0.05, 0.1) is 5.57 Å². The molecule has 1 aliphatic carbocycles. The van der Waals surface area contributed by atoms with Crippen molar-refractivity contribution < 1.29 is 9.59 Å². The van der Waals surface area contributed by atoms with Gasteiger partial charge in [0, 0.05) is 18.0 Å². The van der Waals surface area contributed by atoms with Gasteiger partial charge < -0.3 is 0 Å². The number of imide groups is 1. The van der Waals surface area contributed by atoms with Crippen molar-refractivity contribution in [3.63, 3.8) is 0 Å². The van der Waals surface area contributed by atoms with Crippen LogP contribution >= 0.6 is 0 Å². The summed E-state index contributed by atoms with van der Waals surface area (Å²) in [5.74, 6) is 5.21. The Hall–Kier alpha value is -1.82. The maximum atomic E-state index is 11.9. The van der Waals surface area contributed by atoms with Crippen molar-refractivity contribution in [2.45, 2.75) is 26.3 Å². The summed E-state index contributed by atoms with van der Waals surface area (Å²) in [4.78, 5) is 25.1. The second-order valence-electron chi connectivity index (χ2n) is 3.80. The van der Waals surface area contributed by atoms with Gasteiger partial charge in [0.2, 0.25) is 0 Å². The molecule has 2 aliphatic rings. The highest BCUT2D eigenvalue weighted by Gasteiger charge is 2.37. The van der Waals surface area contributed by atoms with E-state index in [4.69, 9.17) is 0 Å². The quantitative estimate of drug-likeness (QED) is 0.469. The SMILES string of the molecule is CC(C)N1C(=O)C2=C(CC#CC=C2)C1=O. The summed E-state index contributed by atoms with van der Waals surface area (Å²) >= 11 is 0. The monoisotopic (exact) mass is 201 g/mol. The van der Waals surface area contributed by atoms with Crippen molar-refractivity contribution in [2.24, 2.45) is 0 Å². The first-order valence-electron chi connectivity index (χ1n) is 4.89. The number of amides is 2. The van der Waals surface area contributed by atoms with E-state index in [1.807, 2.05) is 13.8 Å². The molecule has 0 saturated heterocycles. The summed E-state index contributed by atoms with van der Waals surface area (Å²) < 4.78 is 0. The first-order valence-corrected chi connectivity index (χ1v) is 4.89. The zero-order valence-corrected chi connectivity index (χ0v) is 8.70. The Bertz CT molecular complexity index is 458. The fourth-order valence-electron chi connectivity index (χ4n) is 1.75. The molecule has 0 unspecified atom stereocenters. The van der Waals surface area contributed by atoms with Crippen LogP contribution in [0.15, 0.2) is 23.3 Å². The summed E-state index contributed by atoms with van der Waals surface area (Å²) in [5, 5.41) is 0. The van der Waals surface area contributed by atoms with Gasteiger partial charge in [-0.2, -0.15) is 0 Å². The molecular weight excluding hydrogens is 190 g/mol. The molecule has 0 aromatic carbocycles. The van der Waals surface area contributed by atoms with Crippen molar-refractivity contribution in [3.8, 4) is 11.8 Å². The average Bonchev–Trinajstić information content (AvgIpc) is 2.40. The van der Waals surface area contributed by atoms with Crippen molar-refractivity contribution in [1.29, 1.82) is 0 Å². The van der Waals surface area contributed by atoms with Gasteiger partial charge in [0.1, 0.15) is 0 Å². The fraction of sp³-hybridized carbons (Fsp3) is 0.333. The van der Waals surface area contributed by atoms with Crippen molar-refractivity contribution in [3.05, 3.63) is 23.3 Å². The van der Waals surface area contributed by atoms with Crippen LogP contribution in [0.5, 0.6) is 0 Å². The van der Waals surface area contributed by atoms with Crippen LogP contribution in [0.1, 0.15) is 20.3 Å². The van der Waals surface area contributed by atoms with Gasteiger partial charge in [0.15, 0.2) is 0 Å². The molecule has 0 aromatic heterocycles. The largest absolute Gasteiger partial charge is 0.272 e. The molecule has 0 fully saturated rings. The van der Waals surface area contributed by atoms with Gasteiger partial charge in [-0.3, -0.25) is 14.5 Å². The number of nitrogens with zero attached hydrogens (tertiary/aromatic N) is 1. The number of carbonyl (C=O) groups excluding carboxylic acids is 2. The van der Waals surface area contributed by atoms with Gasteiger partial charge >= 0.3 is 0 Å². The molecule has 2 rings (SSSR count). The molecule has 76 valence electrons. The third-order valence-corrected chi connectivity index (χ3v) is 2.47. The number of rotatable bonds is 1. The predicted octanol–water partition coefficient (Wildman–Crippen LogP) is 1.02. The molecule has 1 aliphatic heterocycles. The Kier molecular flexibility index (Phi) is 2.20. The maximum absolute atomic E-state index is 11.9. The van der Waals surface area contributed by atoms with Gasteiger partial charge in [-0.1, -0.05) is 11.8 Å². The number of carbonyl (C=O) groups is 2. The van der Waals surface area contributed by atoms with Crippen LogP contribution in [0.2, 0.25) is 0 Å². The lowest BCUT2D eigenvalue weighted by atomic mass is 10.1. The van der Waals surface area contributed by atoms with E-state index in [1.54, 1.807) is 12.2 Å². The molecule has 0 radical (unpaired) electrons. The molecule has 0 saturated carbocycles. The normalized spacial score (nSPS) is 19.3. The Morgan fingerprint density at radius 1 is 1.33 bits per heavy atom. The fourth-order valence-corrected chi connectivity index (χ4v) is 1.75.